The van der Waals surface area contributed by atoms with Crippen molar-refractivity contribution in [1.82, 2.24) is 24.9 Å². The second-order valence-corrected chi connectivity index (χ2v) is 8.96. The molecule has 1 aliphatic rings. The summed E-state index contributed by atoms with van der Waals surface area (Å²) in [6.45, 7) is 3.22. The van der Waals surface area contributed by atoms with Gasteiger partial charge < -0.3 is 0 Å². The van der Waals surface area contributed by atoms with E-state index in [4.69, 9.17) is 5.14 Å². The van der Waals surface area contributed by atoms with Crippen molar-refractivity contribution >= 4 is 10.0 Å². The fourth-order valence-electron chi connectivity index (χ4n) is 3.74. The van der Waals surface area contributed by atoms with Gasteiger partial charge in [0.1, 0.15) is 0 Å². The number of primary sulfonamides is 1. The van der Waals surface area contributed by atoms with Gasteiger partial charge >= 0.3 is 0 Å². The highest BCUT2D eigenvalue weighted by Gasteiger charge is 2.22. The average molecular weight is 413 g/mol. The maximum Gasteiger partial charge on any atom is 0.238 e. The third kappa shape index (κ3) is 5.06. The van der Waals surface area contributed by atoms with E-state index in [0.717, 1.165) is 49.4 Å². The Bertz CT molecular complexity index is 1060. The molecule has 9 heteroatoms. The number of likely N-dealkylation sites (tertiary alicyclic amines) is 1. The Balaban J connectivity index is 1.33. The second kappa shape index (κ2) is 8.40. The van der Waals surface area contributed by atoms with Crippen LogP contribution in [-0.2, 0) is 23.1 Å². The third-order valence-corrected chi connectivity index (χ3v) is 6.18. The Hall–Kier alpha value is -2.62. The summed E-state index contributed by atoms with van der Waals surface area (Å²) < 4.78 is 25.0. The lowest BCUT2D eigenvalue weighted by molar-refractivity contribution is 0.202. The van der Waals surface area contributed by atoms with Gasteiger partial charge in [-0.05, 0) is 61.7 Å². The molecule has 0 amide bonds. The summed E-state index contributed by atoms with van der Waals surface area (Å²) in [4.78, 5) is 6.85. The Morgan fingerprint density at radius 1 is 1.03 bits per heavy atom. The Labute approximate surface area is 170 Å². The molecular formula is C20H24N6O2S. The van der Waals surface area contributed by atoms with Crippen LogP contribution in [-0.4, -0.2) is 46.4 Å². The van der Waals surface area contributed by atoms with Gasteiger partial charge in [-0.2, -0.15) is 0 Å². The molecule has 152 valence electrons. The molecule has 8 nitrogen and oxygen atoms in total. The average Bonchev–Trinajstić information content (AvgIpc) is 3.15. The van der Waals surface area contributed by atoms with Gasteiger partial charge in [0.25, 0.3) is 0 Å². The summed E-state index contributed by atoms with van der Waals surface area (Å²) in [5.41, 5.74) is 2.93. The van der Waals surface area contributed by atoms with Crippen LogP contribution >= 0.6 is 0 Å². The number of benzene rings is 1. The molecule has 0 unspecified atom stereocenters. The van der Waals surface area contributed by atoms with Crippen molar-refractivity contribution < 1.29 is 8.42 Å². The molecule has 3 heterocycles. The van der Waals surface area contributed by atoms with E-state index in [0.29, 0.717) is 12.5 Å². The molecule has 0 saturated carbocycles. The Kier molecular flexibility index (Phi) is 5.70. The monoisotopic (exact) mass is 412 g/mol. The second-order valence-electron chi connectivity index (χ2n) is 7.40. The normalized spacial score (nSPS) is 16.2. The van der Waals surface area contributed by atoms with Crippen LogP contribution in [0.2, 0.25) is 0 Å². The van der Waals surface area contributed by atoms with E-state index in [1.165, 1.54) is 0 Å². The number of rotatable bonds is 6. The molecule has 1 aromatic carbocycles. The van der Waals surface area contributed by atoms with Crippen molar-refractivity contribution in [1.29, 1.82) is 0 Å². The molecule has 29 heavy (non-hydrogen) atoms. The Morgan fingerprint density at radius 3 is 2.59 bits per heavy atom. The smallest absolute Gasteiger partial charge is 0.238 e. The molecule has 0 bridgehead atoms. The number of nitrogens with zero attached hydrogens (tertiary/aromatic N) is 5. The minimum absolute atomic E-state index is 0.182. The number of hydrogen-bond donors (Lipinski definition) is 1. The van der Waals surface area contributed by atoms with Gasteiger partial charge in [-0.25, -0.2) is 18.2 Å². The van der Waals surface area contributed by atoms with Crippen molar-refractivity contribution in [3.05, 3.63) is 71.8 Å². The summed E-state index contributed by atoms with van der Waals surface area (Å²) in [6, 6.07) is 12.8. The van der Waals surface area contributed by atoms with Gasteiger partial charge in [-0.15, -0.1) is 5.10 Å². The van der Waals surface area contributed by atoms with E-state index >= 15 is 0 Å². The van der Waals surface area contributed by atoms with Crippen molar-refractivity contribution in [2.24, 2.45) is 5.14 Å². The van der Waals surface area contributed by atoms with E-state index in [9.17, 15) is 8.42 Å². The first-order chi connectivity index (χ1) is 14.0. The van der Waals surface area contributed by atoms with Gasteiger partial charge in [-0.1, -0.05) is 23.4 Å². The lowest BCUT2D eigenvalue weighted by Gasteiger charge is -2.31. The Morgan fingerprint density at radius 2 is 1.86 bits per heavy atom. The van der Waals surface area contributed by atoms with E-state index < -0.39 is 10.0 Å². The summed E-state index contributed by atoms with van der Waals surface area (Å²) in [5.74, 6) is 0.341. The third-order valence-electron chi connectivity index (χ3n) is 5.27. The van der Waals surface area contributed by atoms with Gasteiger partial charge in [0.2, 0.25) is 10.0 Å². The molecule has 4 rings (SSSR count). The fourth-order valence-corrected chi connectivity index (χ4v) is 4.31. The van der Waals surface area contributed by atoms with Crippen molar-refractivity contribution in [2.45, 2.75) is 36.7 Å². The van der Waals surface area contributed by atoms with Gasteiger partial charge in [0, 0.05) is 12.7 Å². The minimum Gasteiger partial charge on any atom is -0.297 e. The lowest BCUT2D eigenvalue weighted by Crippen LogP contribution is -2.32. The largest absolute Gasteiger partial charge is 0.297 e. The molecule has 3 aromatic rings. The summed E-state index contributed by atoms with van der Waals surface area (Å²) >= 11 is 0. The molecule has 2 aromatic heterocycles. The number of sulfonamides is 1. The highest BCUT2D eigenvalue weighted by molar-refractivity contribution is 7.89. The van der Waals surface area contributed by atoms with E-state index in [2.05, 4.69) is 20.2 Å². The maximum absolute atomic E-state index is 11.6. The standard InChI is InChI=1S/C20H24N6O2S/c21-29(27,28)20-6-3-4-17(12-20)16-7-10-25(11-8-16)13-19-15-26(24-23-19)14-18-5-1-2-9-22-18/h1-6,9,12,15-16H,7-8,10-11,13-14H2,(H2,21,27,28). The number of hydrogen-bond acceptors (Lipinski definition) is 6. The molecular weight excluding hydrogens is 388 g/mol. The maximum atomic E-state index is 11.6. The highest BCUT2D eigenvalue weighted by Crippen LogP contribution is 2.29. The molecule has 0 spiro atoms. The van der Waals surface area contributed by atoms with Gasteiger partial charge in [0.05, 0.1) is 29.0 Å². The predicted octanol–water partition coefficient (Wildman–Crippen LogP) is 1.75. The fraction of sp³-hybridized carbons (Fsp3) is 0.350. The molecule has 0 atom stereocenters. The van der Waals surface area contributed by atoms with E-state index in [-0.39, 0.29) is 4.90 Å². The first kappa shape index (κ1) is 19.7. The van der Waals surface area contributed by atoms with Crippen LogP contribution in [0.25, 0.3) is 0 Å². The SMILES string of the molecule is NS(=O)(=O)c1cccc(C2CCN(Cc3cn(Cc4ccccn4)nn3)CC2)c1. The van der Waals surface area contributed by atoms with Crippen LogP contribution in [0.5, 0.6) is 0 Å². The number of pyridine rings is 1. The summed E-state index contributed by atoms with van der Waals surface area (Å²) in [5, 5.41) is 13.7. The number of piperidine rings is 1. The van der Waals surface area contributed by atoms with Crippen LogP contribution in [0.1, 0.15) is 35.7 Å². The quantitative estimate of drug-likeness (QED) is 0.661. The molecule has 1 aliphatic heterocycles. The van der Waals surface area contributed by atoms with Crippen molar-refractivity contribution in [3.63, 3.8) is 0 Å². The van der Waals surface area contributed by atoms with Gasteiger partial charge in [-0.3, -0.25) is 9.88 Å². The minimum atomic E-state index is -3.67. The van der Waals surface area contributed by atoms with Crippen molar-refractivity contribution in [3.8, 4) is 0 Å². The molecule has 0 radical (unpaired) electrons. The lowest BCUT2D eigenvalue weighted by atomic mass is 9.89. The molecule has 2 N–H and O–H groups in total. The summed E-state index contributed by atoms with van der Waals surface area (Å²) in [7, 11) is -3.67. The predicted molar refractivity (Wildman–Crippen MR) is 108 cm³/mol. The molecule has 1 fully saturated rings. The van der Waals surface area contributed by atoms with Crippen LogP contribution in [0.3, 0.4) is 0 Å². The van der Waals surface area contributed by atoms with E-state index in [1.807, 2.05) is 35.1 Å². The van der Waals surface area contributed by atoms with Crippen LogP contribution < -0.4 is 5.14 Å². The van der Waals surface area contributed by atoms with Crippen LogP contribution in [0.4, 0.5) is 0 Å². The first-order valence-corrected chi connectivity index (χ1v) is 11.2. The number of aromatic nitrogens is 4. The molecule has 1 saturated heterocycles. The number of nitrogens with two attached hydrogens (primary N) is 1. The summed E-state index contributed by atoms with van der Waals surface area (Å²) in [6.07, 6.45) is 5.68. The van der Waals surface area contributed by atoms with Gasteiger partial charge in [0.15, 0.2) is 0 Å². The first-order valence-electron chi connectivity index (χ1n) is 9.61. The zero-order valence-corrected chi connectivity index (χ0v) is 16.9. The topological polar surface area (TPSA) is 107 Å². The van der Waals surface area contributed by atoms with Crippen molar-refractivity contribution in [2.75, 3.05) is 13.1 Å². The zero-order chi connectivity index (χ0) is 20.3. The molecule has 0 aliphatic carbocycles. The van der Waals surface area contributed by atoms with Crippen LogP contribution in [0.15, 0.2) is 59.8 Å². The van der Waals surface area contributed by atoms with Crippen LogP contribution in [0, 0.1) is 0 Å². The van der Waals surface area contributed by atoms with E-state index in [1.54, 1.807) is 24.4 Å². The zero-order valence-electron chi connectivity index (χ0n) is 16.1. The highest BCUT2D eigenvalue weighted by atomic mass is 32.2.